The number of rotatable bonds is 1. The minimum absolute atomic E-state index is 0.0237. The maximum atomic E-state index is 9.99. The third kappa shape index (κ3) is 5.66. The summed E-state index contributed by atoms with van der Waals surface area (Å²) in [6.07, 6.45) is 3.80. The summed E-state index contributed by atoms with van der Waals surface area (Å²) in [5, 5.41) is 9.99. The summed E-state index contributed by atoms with van der Waals surface area (Å²) in [5.41, 5.74) is 11.6. The minimum atomic E-state index is -0.0800. The maximum Gasteiger partial charge on any atom is 0.369 e. The average molecular weight is 849 g/mol. The predicted octanol–water partition coefficient (Wildman–Crippen LogP) is 11.1. The molecule has 49 heavy (non-hydrogen) atoms. The van der Waals surface area contributed by atoms with Crippen LogP contribution in [0, 0.1) is 0 Å². The number of ether oxygens (including phenoxy) is 1. The Hall–Kier alpha value is -3.08. The number of para-hydroxylation sites is 2. The Balaban J connectivity index is 0.000000154. The second kappa shape index (κ2) is 12.6. The van der Waals surface area contributed by atoms with Crippen LogP contribution in [0.25, 0.3) is 33.4 Å². The standard InChI is InChI=1S/C20H22N2O.C19H20N2O.BBr3/c1-19(2)14-10-9-13(23-5)11-17(14)22-12-21-16-8-6-7-15(18(16)22)20(19,3)4;1-18(2)13-9-8-12(22)10-16(13)21-11-20-15-7-5-6-14(17(15)21)19(18,3)4;2-1(3)4/h6-12H,1-5H3;5-11,22H,1-4H3;. The Kier molecular flexibility index (Phi) is 9.19. The SMILES string of the molecule is BrB(Br)Br.CC1(C)c2ccc(O)cc2-n2cnc3cccc(c32)C1(C)C.COc1ccc2c(c1)-n1cnc3cccc(c31)C(C)(C)C2(C)C. The number of imidazole rings is 2. The van der Waals surface area contributed by atoms with Crippen LogP contribution < -0.4 is 4.74 Å². The van der Waals surface area contributed by atoms with Gasteiger partial charge < -0.3 is 9.84 Å². The highest BCUT2D eigenvalue weighted by atomic mass is 79.9. The number of aromatic hydroxyl groups is 1. The molecule has 4 aromatic carbocycles. The lowest BCUT2D eigenvalue weighted by atomic mass is 9.61. The van der Waals surface area contributed by atoms with E-state index in [-0.39, 0.29) is 30.6 Å². The topological polar surface area (TPSA) is 65.1 Å². The van der Waals surface area contributed by atoms with Gasteiger partial charge in [-0.3, -0.25) is 9.13 Å². The van der Waals surface area contributed by atoms with E-state index in [9.17, 15) is 5.11 Å². The normalized spacial score (nSPS) is 16.9. The van der Waals surface area contributed by atoms with Crippen LogP contribution in [0.2, 0.25) is 0 Å². The van der Waals surface area contributed by atoms with Gasteiger partial charge in [-0.25, -0.2) is 9.97 Å². The van der Waals surface area contributed by atoms with Gasteiger partial charge in [0.2, 0.25) is 0 Å². The lowest BCUT2D eigenvalue weighted by molar-refractivity contribution is 0.306. The predicted molar refractivity (Wildman–Crippen MR) is 215 cm³/mol. The summed E-state index contributed by atoms with van der Waals surface area (Å²) in [5.74, 6) is 1.16. The van der Waals surface area contributed by atoms with E-state index >= 15 is 0 Å². The number of phenols is 1. The number of nitrogens with zero attached hydrogens (tertiary/aromatic N) is 4. The first-order valence-corrected chi connectivity index (χ1v) is 19.1. The Bertz CT molecular complexity index is 2200. The van der Waals surface area contributed by atoms with E-state index in [0.29, 0.717) is 0 Å². The Labute approximate surface area is 314 Å². The van der Waals surface area contributed by atoms with E-state index in [4.69, 9.17) is 4.74 Å². The van der Waals surface area contributed by atoms with Crippen LogP contribution in [0.3, 0.4) is 0 Å². The zero-order valence-electron chi connectivity index (χ0n) is 29.4. The number of hydrogen-bond acceptors (Lipinski definition) is 4. The summed E-state index contributed by atoms with van der Waals surface area (Å²) in [6.45, 7) is 18.5. The quantitative estimate of drug-likeness (QED) is 0.167. The number of aromatic nitrogens is 4. The molecule has 2 aliphatic rings. The number of hydrogen-bond donors (Lipinski definition) is 1. The van der Waals surface area contributed by atoms with Crippen molar-refractivity contribution >= 4 is 72.5 Å². The van der Waals surface area contributed by atoms with Gasteiger partial charge in [0.15, 0.2) is 0 Å². The van der Waals surface area contributed by atoms with E-state index in [2.05, 4.69) is 170 Å². The van der Waals surface area contributed by atoms with Crippen molar-refractivity contribution in [3.05, 3.63) is 108 Å². The molecule has 0 fully saturated rings. The summed E-state index contributed by atoms with van der Waals surface area (Å²) in [6, 6.07) is 24.8. The minimum Gasteiger partial charge on any atom is -0.508 e. The highest BCUT2D eigenvalue weighted by Gasteiger charge is 2.46. The molecule has 0 amide bonds. The molecule has 0 bridgehead atoms. The number of halogens is 3. The van der Waals surface area contributed by atoms with E-state index in [1.165, 1.54) is 27.8 Å². The van der Waals surface area contributed by atoms with Gasteiger partial charge in [0.25, 0.3) is 0 Å². The summed E-state index contributed by atoms with van der Waals surface area (Å²) in [7, 11) is 1.71. The van der Waals surface area contributed by atoms with Gasteiger partial charge >= 0.3 is 3.18 Å². The molecule has 6 nitrogen and oxygen atoms in total. The monoisotopic (exact) mass is 846 g/mol. The van der Waals surface area contributed by atoms with Crippen molar-refractivity contribution in [1.82, 2.24) is 19.1 Å². The van der Waals surface area contributed by atoms with Gasteiger partial charge in [0.05, 0.1) is 40.6 Å². The van der Waals surface area contributed by atoms with Crippen LogP contribution in [0.1, 0.15) is 77.6 Å². The maximum absolute atomic E-state index is 9.99. The Morgan fingerprint density at radius 2 is 1.00 bits per heavy atom. The van der Waals surface area contributed by atoms with Gasteiger partial charge in [-0.15, -0.1) is 47.3 Å². The summed E-state index contributed by atoms with van der Waals surface area (Å²) in [4.78, 5) is 9.18. The molecule has 0 radical (unpaired) electrons. The zero-order chi connectivity index (χ0) is 35.7. The largest absolute Gasteiger partial charge is 0.508 e. The highest BCUT2D eigenvalue weighted by Crippen LogP contribution is 2.52. The molecule has 1 N–H and O–H groups in total. The van der Waals surface area contributed by atoms with Crippen molar-refractivity contribution in [3.8, 4) is 22.9 Å². The molecule has 10 heteroatoms. The summed E-state index contributed by atoms with van der Waals surface area (Å²) < 4.78 is 10.1. The lowest BCUT2D eigenvalue weighted by Crippen LogP contribution is -2.40. The smallest absolute Gasteiger partial charge is 0.369 e. The Morgan fingerprint density at radius 1 is 0.592 bits per heavy atom. The molecule has 6 aromatic rings. The average Bonchev–Trinajstić information content (AvgIpc) is 3.66. The van der Waals surface area contributed by atoms with Gasteiger partial charge in [-0.2, -0.15) is 0 Å². The third-order valence-corrected chi connectivity index (χ3v) is 11.7. The van der Waals surface area contributed by atoms with Crippen molar-refractivity contribution in [2.45, 2.75) is 77.0 Å². The number of phenolic OH excluding ortho intramolecular Hbond substituents is 1. The second-order valence-corrected chi connectivity index (χ2v) is 21.3. The first kappa shape index (κ1) is 35.7. The number of benzene rings is 4. The van der Waals surface area contributed by atoms with Crippen molar-refractivity contribution in [1.29, 1.82) is 0 Å². The molecule has 8 rings (SSSR count). The molecular formula is C39H42BBr3N4O2. The molecule has 2 aliphatic heterocycles. The number of fused-ring (bicyclic) bond motifs is 4. The Morgan fingerprint density at radius 3 is 1.45 bits per heavy atom. The molecule has 0 spiro atoms. The van der Waals surface area contributed by atoms with Crippen LogP contribution >= 0.6 is 47.3 Å². The van der Waals surface area contributed by atoms with Crippen molar-refractivity contribution in [2.24, 2.45) is 0 Å². The molecule has 254 valence electrons. The van der Waals surface area contributed by atoms with Gasteiger partial charge in [-0.1, -0.05) is 91.8 Å². The van der Waals surface area contributed by atoms with Gasteiger partial charge in [0.1, 0.15) is 24.2 Å². The fourth-order valence-corrected chi connectivity index (χ4v) is 7.47. The fraction of sp³-hybridized carbons (Fsp3) is 0.333. The van der Waals surface area contributed by atoms with E-state index in [0.717, 1.165) is 33.7 Å². The van der Waals surface area contributed by atoms with Crippen molar-refractivity contribution in [3.63, 3.8) is 0 Å². The van der Waals surface area contributed by atoms with Crippen LogP contribution in [-0.2, 0) is 21.7 Å². The first-order valence-electron chi connectivity index (χ1n) is 16.3. The summed E-state index contributed by atoms with van der Waals surface area (Å²) >= 11 is 9.31. The van der Waals surface area contributed by atoms with E-state index < -0.39 is 0 Å². The van der Waals surface area contributed by atoms with Crippen LogP contribution in [0.4, 0.5) is 0 Å². The van der Waals surface area contributed by atoms with Crippen LogP contribution in [-0.4, -0.2) is 34.5 Å². The zero-order valence-corrected chi connectivity index (χ0v) is 34.2. The molecule has 0 aliphatic carbocycles. The van der Waals surface area contributed by atoms with Crippen LogP contribution in [0.5, 0.6) is 11.5 Å². The molecule has 0 saturated heterocycles. The highest BCUT2D eigenvalue weighted by molar-refractivity contribution is 9.69. The molecule has 0 unspecified atom stereocenters. The number of methoxy groups -OCH3 is 1. The van der Waals surface area contributed by atoms with Gasteiger partial charge in [0, 0.05) is 33.8 Å². The molecule has 0 saturated carbocycles. The molecule has 2 aromatic heterocycles. The van der Waals surface area contributed by atoms with Crippen molar-refractivity contribution < 1.29 is 9.84 Å². The fourth-order valence-electron chi connectivity index (χ4n) is 7.47. The molecule has 4 heterocycles. The third-order valence-electron chi connectivity index (χ3n) is 11.7. The van der Waals surface area contributed by atoms with Crippen LogP contribution in [0.15, 0.2) is 85.5 Å². The second-order valence-electron chi connectivity index (χ2n) is 14.9. The lowest BCUT2D eigenvalue weighted by Gasteiger charge is -2.42. The first-order chi connectivity index (χ1) is 22.9. The van der Waals surface area contributed by atoms with Gasteiger partial charge in [-0.05, 0) is 46.5 Å². The van der Waals surface area contributed by atoms with Crippen molar-refractivity contribution in [2.75, 3.05) is 7.11 Å². The van der Waals surface area contributed by atoms with E-state index in [1.54, 1.807) is 13.2 Å². The molecular weight excluding hydrogens is 807 g/mol. The molecule has 0 atom stereocenters. The van der Waals surface area contributed by atoms with E-state index in [1.807, 2.05) is 30.9 Å².